The summed E-state index contributed by atoms with van der Waals surface area (Å²) in [6, 6.07) is 0. The maximum absolute atomic E-state index is 10.8. The topological polar surface area (TPSA) is 72.2 Å². The molecule has 0 saturated heterocycles. The highest BCUT2D eigenvalue weighted by atomic mass is 32.2. The number of hydrogen-bond acceptors (Lipinski definition) is 3. The Kier molecular flexibility index (Phi) is 4.34. The number of rotatable bonds is 4. The fourth-order valence-corrected chi connectivity index (χ4v) is 1.25. The summed E-state index contributed by atoms with van der Waals surface area (Å²) in [7, 11) is -2.18. The Bertz CT molecular complexity index is 340. The molecule has 0 aromatic heterocycles. The first-order valence-electron chi connectivity index (χ1n) is 3.59. The SMILES string of the molecule is BS(=O)(=O)NC(/C=C(\C)N)=C/C=C. The molecule has 0 aromatic carbocycles. The molecule has 6 heteroatoms. The smallest absolute Gasteiger partial charge is 0.282 e. The van der Waals surface area contributed by atoms with Gasteiger partial charge in [-0.2, -0.15) is 0 Å². The van der Waals surface area contributed by atoms with Gasteiger partial charge in [0.15, 0.2) is 9.87 Å². The molecule has 0 aliphatic heterocycles. The summed E-state index contributed by atoms with van der Waals surface area (Å²) in [6.07, 6.45) is 4.52. The van der Waals surface area contributed by atoms with E-state index < -0.39 is 9.87 Å². The minimum absolute atomic E-state index is 0.400. The molecule has 72 valence electrons. The Balaban J connectivity index is 4.76. The third kappa shape index (κ3) is 7.20. The molecule has 4 nitrogen and oxygen atoms in total. The first-order chi connectivity index (χ1) is 5.85. The lowest BCUT2D eigenvalue weighted by Gasteiger charge is -2.04. The predicted molar refractivity (Wildman–Crippen MR) is 56.8 cm³/mol. The van der Waals surface area contributed by atoms with E-state index in [9.17, 15) is 8.42 Å². The van der Waals surface area contributed by atoms with Crippen molar-refractivity contribution in [2.75, 3.05) is 0 Å². The Morgan fingerprint density at radius 3 is 2.46 bits per heavy atom. The summed E-state index contributed by atoms with van der Waals surface area (Å²) in [6.45, 7) is 5.12. The zero-order valence-electron chi connectivity index (χ0n) is 7.74. The van der Waals surface area contributed by atoms with Crippen molar-refractivity contribution in [3.63, 3.8) is 0 Å². The first-order valence-corrected chi connectivity index (χ1v) is 5.48. The molecule has 0 rings (SSSR count). The van der Waals surface area contributed by atoms with Crippen LogP contribution in [0.5, 0.6) is 0 Å². The van der Waals surface area contributed by atoms with Crippen molar-refractivity contribution in [3.05, 3.63) is 36.2 Å². The van der Waals surface area contributed by atoms with Crippen LogP contribution in [0.15, 0.2) is 36.2 Å². The second kappa shape index (κ2) is 4.76. The summed E-state index contributed by atoms with van der Waals surface area (Å²) in [5.41, 5.74) is 6.31. The van der Waals surface area contributed by atoms with Crippen molar-refractivity contribution in [2.45, 2.75) is 6.92 Å². The zero-order chi connectivity index (χ0) is 10.5. The fraction of sp³-hybridized carbons (Fsp3) is 0.143. The quantitative estimate of drug-likeness (QED) is 0.469. The Morgan fingerprint density at radius 1 is 1.62 bits per heavy atom. The van der Waals surface area contributed by atoms with Gasteiger partial charge in [0.05, 0.1) is 0 Å². The van der Waals surface area contributed by atoms with Crippen molar-refractivity contribution in [2.24, 2.45) is 5.73 Å². The average molecular weight is 200 g/mol. The predicted octanol–water partition coefficient (Wildman–Crippen LogP) is -0.614. The molecule has 0 saturated carbocycles. The van der Waals surface area contributed by atoms with E-state index in [2.05, 4.69) is 11.3 Å². The van der Waals surface area contributed by atoms with Crippen LogP contribution < -0.4 is 10.5 Å². The van der Waals surface area contributed by atoms with Gasteiger partial charge in [0.2, 0.25) is 0 Å². The molecule has 0 aliphatic carbocycles. The van der Waals surface area contributed by atoms with Gasteiger partial charge < -0.3 is 5.73 Å². The van der Waals surface area contributed by atoms with Gasteiger partial charge >= 0.3 is 0 Å². The molecule has 0 aromatic rings. The van der Waals surface area contributed by atoms with E-state index in [1.807, 2.05) is 0 Å². The van der Waals surface area contributed by atoms with Crippen molar-refractivity contribution in [3.8, 4) is 0 Å². The molecule has 13 heavy (non-hydrogen) atoms. The maximum Gasteiger partial charge on any atom is 0.282 e. The monoisotopic (exact) mass is 200 g/mol. The number of hydrogen-bond donors (Lipinski definition) is 2. The third-order valence-corrected chi connectivity index (χ3v) is 1.59. The van der Waals surface area contributed by atoms with Gasteiger partial charge in [-0.05, 0) is 19.1 Å². The Morgan fingerprint density at radius 2 is 2.15 bits per heavy atom. The van der Waals surface area contributed by atoms with E-state index in [4.69, 9.17) is 5.73 Å². The largest absolute Gasteiger partial charge is 0.402 e. The molecule has 0 aliphatic rings. The normalized spacial score (nSPS) is 13.9. The molecular weight excluding hydrogens is 187 g/mol. The van der Waals surface area contributed by atoms with Gasteiger partial charge in [-0.3, -0.25) is 4.72 Å². The zero-order valence-corrected chi connectivity index (χ0v) is 8.56. The Hall–Kier alpha value is -1.17. The van der Waals surface area contributed by atoms with E-state index in [0.717, 1.165) is 7.12 Å². The second-order valence-corrected chi connectivity index (χ2v) is 4.37. The van der Waals surface area contributed by atoms with E-state index in [0.29, 0.717) is 11.4 Å². The average Bonchev–Trinajstić information content (AvgIpc) is 1.81. The van der Waals surface area contributed by atoms with Crippen LogP contribution in [0.4, 0.5) is 0 Å². The highest BCUT2D eigenvalue weighted by molar-refractivity contribution is 8.10. The molecule has 0 amide bonds. The van der Waals surface area contributed by atoms with Gasteiger partial charge in [0, 0.05) is 11.4 Å². The lowest BCUT2D eigenvalue weighted by molar-refractivity contribution is 0.603. The standard InChI is InChI=1S/C7H13BN2O2S/c1-3-4-7(5-6(2)9)10-13(8,11)12/h3-5,10H,1,8-9H2,2H3/b6-5+,7-4+. The Labute approximate surface area is 79.6 Å². The van der Waals surface area contributed by atoms with Gasteiger partial charge in [0.25, 0.3) is 7.12 Å². The highest BCUT2D eigenvalue weighted by Gasteiger charge is 2.01. The molecule has 0 fully saturated rings. The van der Waals surface area contributed by atoms with E-state index in [1.54, 1.807) is 6.92 Å². The van der Waals surface area contributed by atoms with Crippen LogP contribution in [0.2, 0.25) is 0 Å². The molecule has 3 N–H and O–H groups in total. The van der Waals surface area contributed by atoms with E-state index >= 15 is 0 Å². The van der Waals surface area contributed by atoms with Crippen LogP contribution >= 0.6 is 0 Å². The third-order valence-electron chi connectivity index (χ3n) is 0.984. The van der Waals surface area contributed by atoms with Gasteiger partial charge in [-0.1, -0.05) is 12.7 Å². The summed E-state index contributed by atoms with van der Waals surface area (Å²) >= 11 is 0. The maximum atomic E-state index is 10.8. The molecule has 0 atom stereocenters. The van der Waals surface area contributed by atoms with Crippen molar-refractivity contribution >= 4 is 17.0 Å². The molecular formula is C7H13BN2O2S. The summed E-state index contributed by atoms with van der Waals surface area (Å²) in [4.78, 5) is 0. The molecule has 0 unspecified atom stereocenters. The van der Waals surface area contributed by atoms with Gasteiger partial charge in [-0.25, -0.2) is 8.42 Å². The molecule has 0 spiro atoms. The minimum atomic E-state index is -3.26. The van der Waals surface area contributed by atoms with Crippen LogP contribution in [0, 0.1) is 0 Å². The van der Waals surface area contributed by atoms with Crippen LogP contribution in [0.3, 0.4) is 0 Å². The van der Waals surface area contributed by atoms with Crippen LogP contribution in [0.25, 0.3) is 0 Å². The molecule has 0 heterocycles. The summed E-state index contributed by atoms with van der Waals surface area (Å²) in [5, 5.41) is 0. The number of nitrogens with one attached hydrogen (secondary N) is 1. The second-order valence-electron chi connectivity index (χ2n) is 2.62. The van der Waals surface area contributed by atoms with Crippen molar-refractivity contribution in [1.29, 1.82) is 0 Å². The van der Waals surface area contributed by atoms with Crippen LogP contribution in [-0.4, -0.2) is 15.5 Å². The van der Waals surface area contributed by atoms with Crippen molar-refractivity contribution < 1.29 is 8.42 Å². The minimum Gasteiger partial charge on any atom is -0.402 e. The van der Waals surface area contributed by atoms with Gasteiger partial charge in [-0.15, -0.1) is 0 Å². The molecule has 0 radical (unpaired) electrons. The summed E-state index contributed by atoms with van der Waals surface area (Å²) in [5.74, 6) is 0. The lowest BCUT2D eigenvalue weighted by atomic mass is 10.3. The molecule has 0 bridgehead atoms. The first kappa shape index (κ1) is 11.8. The van der Waals surface area contributed by atoms with Gasteiger partial charge in [0.1, 0.15) is 0 Å². The number of nitrogens with two attached hydrogens (primary N) is 1. The summed E-state index contributed by atoms with van der Waals surface area (Å²) < 4.78 is 24.0. The number of allylic oxidation sites excluding steroid dienone is 4. The van der Waals surface area contributed by atoms with E-state index in [-0.39, 0.29) is 0 Å². The van der Waals surface area contributed by atoms with Crippen LogP contribution in [0.1, 0.15) is 6.92 Å². The fourth-order valence-electron chi connectivity index (χ4n) is 0.698. The van der Waals surface area contributed by atoms with E-state index in [1.165, 1.54) is 18.2 Å². The van der Waals surface area contributed by atoms with Crippen molar-refractivity contribution in [1.82, 2.24) is 4.72 Å². The van der Waals surface area contributed by atoms with Crippen LogP contribution in [-0.2, 0) is 9.87 Å². The highest BCUT2D eigenvalue weighted by Crippen LogP contribution is 1.96. The lowest BCUT2D eigenvalue weighted by Crippen LogP contribution is -2.22.